The van der Waals surface area contributed by atoms with Crippen molar-refractivity contribution in [3.63, 3.8) is 0 Å². The number of furan rings is 1. The second kappa shape index (κ2) is 6.50. The van der Waals surface area contributed by atoms with Crippen molar-refractivity contribution in [1.82, 2.24) is 0 Å². The molecule has 0 atom stereocenters. The fourth-order valence-electron chi connectivity index (χ4n) is 2.64. The molecule has 2 aromatic carbocycles. The molecular formula is C20H20O. The van der Waals surface area contributed by atoms with Gasteiger partial charge in [0.05, 0.1) is 0 Å². The van der Waals surface area contributed by atoms with Gasteiger partial charge in [-0.1, -0.05) is 62.4 Å². The van der Waals surface area contributed by atoms with Crippen LogP contribution in [0.2, 0.25) is 0 Å². The van der Waals surface area contributed by atoms with Crippen LogP contribution in [0.1, 0.15) is 44.8 Å². The molecule has 0 bridgehead atoms. The molecule has 3 aromatic rings. The molecule has 0 amide bonds. The monoisotopic (exact) mass is 276 g/mol. The lowest BCUT2D eigenvalue weighted by atomic mass is 10.1. The van der Waals surface area contributed by atoms with Gasteiger partial charge in [-0.25, -0.2) is 0 Å². The lowest BCUT2D eigenvalue weighted by Crippen LogP contribution is -1.74. The zero-order chi connectivity index (χ0) is 14.5. The Balaban J connectivity index is 1.81. The van der Waals surface area contributed by atoms with Crippen molar-refractivity contribution < 1.29 is 4.42 Å². The van der Waals surface area contributed by atoms with Crippen molar-refractivity contribution in [2.24, 2.45) is 0 Å². The molecule has 0 saturated heterocycles. The highest BCUT2D eigenvalue weighted by Gasteiger charge is 2.05. The fourth-order valence-corrected chi connectivity index (χ4v) is 2.64. The summed E-state index contributed by atoms with van der Waals surface area (Å²) >= 11 is 0. The number of hydrogen-bond donors (Lipinski definition) is 0. The predicted octanol–water partition coefficient (Wildman–Crippen LogP) is 5.91. The fraction of sp³-hybridized carbons (Fsp3) is 0.300. The van der Waals surface area contributed by atoms with Gasteiger partial charge in [0, 0.05) is 17.9 Å². The van der Waals surface area contributed by atoms with Crippen molar-refractivity contribution in [3.05, 3.63) is 48.2 Å². The topological polar surface area (TPSA) is 13.1 Å². The Hall–Kier alpha value is -2.20. The first-order valence-corrected chi connectivity index (χ1v) is 7.78. The lowest BCUT2D eigenvalue weighted by Gasteiger charge is -1.96. The van der Waals surface area contributed by atoms with Crippen molar-refractivity contribution in [2.45, 2.75) is 39.0 Å². The summed E-state index contributed by atoms with van der Waals surface area (Å²) in [6.07, 6.45) is 5.99. The summed E-state index contributed by atoms with van der Waals surface area (Å²) in [5, 5.41) is 3.63. The second-order valence-electron chi connectivity index (χ2n) is 5.42. The number of fused-ring (bicyclic) bond motifs is 3. The maximum Gasteiger partial charge on any atom is 0.178 e. The van der Waals surface area contributed by atoms with Crippen molar-refractivity contribution in [2.75, 3.05) is 0 Å². The highest BCUT2D eigenvalue weighted by atomic mass is 16.3. The summed E-state index contributed by atoms with van der Waals surface area (Å²) in [4.78, 5) is 0. The SMILES string of the molecule is CCCCCCC#Cc1cc2c(ccc3ccccc32)o1. The summed E-state index contributed by atoms with van der Waals surface area (Å²) in [6, 6.07) is 14.6. The van der Waals surface area contributed by atoms with Gasteiger partial charge in [-0.15, -0.1) is 0 Å². The highest BCUT2D eigenvalue weighted by Crippen LogP contribution is 2.27. The minimum absolute atomic E-state index is 0.775. The summed E-state index contributed by atoms with van der Waals surface area (Å²) < 4.78 is 5.83. The Bertz CT molecular complexity index is 799. The molecule has 21 heavy (non-hydrogen) atoms. The van der Waals surface area contributed by atoms with Crippen LogP contribution in [0.4, 0.5) is 0 Å². The molecular weight excluding hydrogens is 256 g/mol. The molecule has 0 saturated carbocycles. The van der Waals surface area contributed by atoms with Crippen molar-refractivity contribution in [1.29, 1.82) is 0 Å². The van der Waals surface area contributed by atoms with E-state index in [1.807, 2.05) is 6.07 Å². The van der Waals surface area contributed by atoms with Crippen LogP contribution in [0.3, 0.4) is 0 Å². The molecule has 106 valence electrons. The molecule has 1 nitrogen and oxygen atoms in total. The van der Waals surface area contributed by atoms with Crippen LogP contribution in [0.25, 0.3) is 21.7 Å². The van der Waals surface area contributed by atoms with E-state index in [9.17, 15) is 0 Å². The molecule has 0 radical (unpaired) electrons. The maximum atomic E-state index is 5.83. The molecule has 0 aliphatic rings. The van der Waals surface area contributed by atoms with E-state index >= 15 is 0 Å². The summed E-state index contributed by atoms with van der Waals surface area (Å²) in [5.41, 5.74) is 0.920. The van der Waals surface area contributed by atoms with Crippen LogP contribution >= 0.6 is 0 Å². The maximum absolute atomic E-state index is 5.83. The number of benzene rings is 2. The average Bonchev–Trinajstić information content (AvgIpc) is 2.94. The van der Waals surface area contributed by atoms with Gasteiger partial charge in [0.25, 0.3) is 0 Å². The molecule has 0 aliphatic heterocycles. The smallest absolute Gasteiger partial charge is 0.178 e. The Morgan fingerprint density at radius 1 is 0.952 bits per heavy atom. The van der Waals surface area contributed by atoms with Crippen molar-refractivity contribution in [3.8, 4) is 11.8 Å². The van der Waals surface area contributed by atoms with Gasteiger partial charge in [-0.3, -0.25) is 0 Å². The van der Waals surface area contributed by atoms with Crippen LogP contribution in [-0.2, 0) is 0 Å². The van der Waals surface area contributed by atoms with E-state index in [-0.39, 0.29) is 0 Å². The minimum atomic E-state index is 0.775. The molecule has 0 N–H and O–H groups in total. The first kappa shape index (κ1) is 13.8. The van der Waals surface area contributed by atoms with E-state index in [4.69, 9.17) is 4.42 Å². The molecule has 3 rings (SSSR count). The van der Waals surface area contributed by atoms with E-state index in [0.717, 1.165) is 23.2 Å². The number of hydrogen-bond acceptors (Lipinski definition) is 1. The van der Waals surface area contributed by atoms with Crippen LogP contribution < -0.4 is 0 Å². The van der Waals surface area contributed by atoms with E-state index in [1.54, 1.807) is 0 Å². The number of rotatable bonds is 4. The van der Waals surface area contributed by atoms with Gasteiger partial charge in [0.1, 0.15) is 5.58 Å². The minimum Gasteiger partial charge on any atom is -0.448 e. The van der Waals surface area contributed by atoms with Crippen LogP contribution in [0, 0.1) is 11.8 Å². The third-order valence-corrected chi connectivity index (χ3v) is 3.79. The van der Waals surface area contributed by atoms with Gasteiger partial charge in [-0.2, -0.15) is 0 Å². The first-order chi connectivity index (χ1) is 10.4. The lowest BCUT2D eigenvalue weighted by molar-refractivity contribution is 0.601. The predicted molar refractivity (Wildman–Crippen MR) is 89.4 cm³/mol. The van der Waals surface area contributed by atoms with Gasteiger partial charge < -0.3 is 4.42 Å². The van der Waals surface area contributed by atoms with Crippen LogP contribution in [0.15, 0.2) is 46.9 Å². The Kier molecular flexibility index (Phi) is 4.26. The molecule has 1 aromatic heterocycles. The van der Waals surface area contributed by atoms with E-state index in [0.29, 0.717) is 0 Å². The van der Waals surface area contributed by atoms with Crippen LogP contribution in [-0.4, -0.2) is 0 Å². The third-order valence-electron chi connectivity index (χ3n) is 3.79. The summed E-state index contributed by atoms with van der Waals surface area (Å²) in [6.45, 7) is 2.23. The third kappa shape index (κ3) is 3.11. The van der Waals surface area contributed by atoms with E-state index in [2.05, 4.69) is 55.2 Å². The zero-order valence-corrected chi connectivity index (χ0v) is 12.5. The molecule has 0 unspecified atom stereocenters. The molecule has 0 aliphatic carbocycles. The molecule has 1 heteroatoms. The Morgan fingerprint density at radius 3 is 2.76 bits per heavy atom. The van der Waals surface area contributed by atoms with Crippen molar-refractivity contribution >= 4 is 21.7 Å². The first-order valence-electron chi connectivity index (χ1n) is 7.78. The zero-order valence-electron chi connectivity index (χ0n) is 12.5. The normalized spacial score (nSPS) is 10.7. The Morgan fingerprint density at radius 2 is 1.86 bits per heavy atom. The second-order valence-corrected chi connectivity index (χ2v) is 5.42. The summed E-state index contributed by atoms with van der Waals surface area (Å²) in [7, 11) is 0. The Labute approximate surface area is 126 Å². The summed E-state index contributed by atoms with van der Waals surface area (Å²) in [5.74, 6) is 7.16. The quantitative estimate of drug-likeness (QED) is 0.426. The van der Waals surface area contributed by atoms with Gasteiger partial charge in [0.2, 0.25) is 0 Å². The largest absolute Gasteiger partial charge is 0.448 e. The van der Waals surface area contributed by atoms with Gasteiger partial charge in [0.15, 0.2) is 5.76 Å². The highest BCUT2D eigenvalue weighted by molar-refractivity contribution is 6.06. The van der Waals surface area contributed by atoms with Crippen LogP contribution in [0.5, 0.6) is 0 Å². The molecule has 0 fully saturated rings. The van der Waals surface area contributed by atoms with E-state index < -0.39 is 0 Å². The van der Waals surface area contributed by atoms with Gasteiger partial charge >= 0.3 is 0 Å². The average molecular weight is 276 g/mol. The van der Waals surface area contributed by atoms with E-state index in [1.165, 1.54) is 36.5 Å². The standard InChI is InChI=1S/C20H20O/c1-2-3-4-5-6-7-11-17-15-19-18-12-9-8-10-16(18)13-14-20(19)21-17/h8-10,12-15H,2-6H2,1H3. The number of unbranched alkanes of at least 4 members (excludes halogenated alkanes) is 4. The molecule has 1 heterocycles. The van der Waals surface area contributed by atoms with Gasteiger partial charge in [-0.05, 0) is 29.2 Å². The molecule has 0 spiro atoms.